The number of aromatic carboxylic acids is 1. The molecule has 4 nitrogen and oxygen atoms in total. The summed E-state index contributed by atoms with van der Waals surface area (Å²) in [6.07, 6.45) is 1.74. The van der Waals surface area contributed by atoms with Crippen molar-refractivity contribution in [2.75, 3.05) is 0 Å². The summed E-state index contributed by atoms with van der Waals surface area (Å²) in [5.74, 6) is -0.205. The molecule has 0 amide bonds. The van der Waals surface area contributed by atoms with Gasteiger partial charge in [0.2, 0.25) is 0 Å². The van der Waals surface area contributed by atoms with Gasteiger partial charge in [-0.15, -0.1) is 0 Å². The van der Waals surface area contributed by atoms with Gasteiger partial charge in [0, 0.05) is 6.20 Å². The molecule has 1 heterocycles. The van der Waals surface area contributed by atoms with Crippen LogP contribution in [0.5, 0.6) is 5.75 Å². The monoisotopic (exact) mass is 271 g/mol. The Bertz CT molecular complexity index is 627. The predicted molar refractivity (Wildman–Crippen MR) is 76.2 cm³/mol. The Balaban J connectivity index is 2.22. The molecule has 0 unspecified atom stereocenters. The minimum atomic E-state index is -0.927. The zero-order valence-electron chi connectivity index (χ0n) is 11.8. The largest absolute Gasteiger partial charge is 0.487 e. The predicted octanol–water partition coefficient (Wildman–Crippen LogP) is 3.28. The summed E-state index contributed by atoms with van der Waals surface area (Å²) in [7, 11) is 0. The number of hydrogen-bond donors (Lipinski definition) is 1. The van der Waals surface area contributed by atoms with Crippen LogP contribution in [0.2, 0.25) is 0 Å². The molecule has 1 aromatic heterocycles. The van der Waals surface area contributed by atoms with Gasteiger partial charge in [-0.3, -0.25) is 4.98 Å². The van der Waals surface area contributed by atoms with Crippen molar-refractivity contribution in [3.05, 3.63) is 58.4 Å². The lowest BCUT2D eigenvalue weighted by Gasteiger charge is -2.13. The fraction of sp³-hybridized carbons (Fsp3) is 0.250. The van der Waals surface area contributed by atoms with Crippen molar-refractivity contribution in [2.24, 2.45) is 0 Å². The maximum Gasteiger partial charge on any atom is 0.335 e. The first-order valence-corrected chi connectivity index (χ1v) is 6.37. The van der Waals surface area contributed by atoms with Crippen molar-refractivity contribution in [3.8, 4) is 5.75 Å². The average molecular weight is 271 g/mol. The molecule has 2 aromatic rings. The average Bonchev–Trinajstić information content (AvgIpc) is 2.39. The molecule has 0 fully saturated rings. The van der Waals surface area contributed by atoms with Gasteiger partial charge in [-0.2, -0.15) is 0 Å². The van der Waals surface area contributed by atoms with Crippen LogP contribution in [0.4, 0.5) is 0 Å². The molecule has 104 valence electrons. The molecule has 4 heteroatoms. The van der Waals surface area contributed by atoms with Gasteiger partial charge in [-0.25, -0.2) is 4.79 Å². The van der Waals surface area contributed by atoms with E-state index in [2.05, 4.69) is 4.98 Å². The maximum atomic E-state index is 11.0. The third kappa shape index (κ3) is 2.96. The number of benzene rings is 1. The number of carboxylic acid groups (broad SMARTS) is 1. The van der Waals surface area contributed by atoms with Crippen molar-refractivity contribution >= 4 is 5.97 Å². The Labute approximate surface area is 118 Å². The van der Waals surface area contributed by atoms with Crippen molar-refractivity contribution in [2.45, 2.75) is 27.4 Å². The Morgan fingerprint density at radius 2 is 1.85 bits per heavy atom. The van der Waals surface area contributed by atoms with Crippen LogP contribution in [0.25, 0.3) is 0 Å². The van der Waals surface area contributed by atoms with E-state index in [1.807, 2.05) is 32.9 Å². The Morgan fingerprint density at radius 3 is 2.40 bits per heavy atom. The van der Waals surface area contributed by atoms with E-state index in [1.165, 1.54) is 0 Å². The Kier molecular flexibility index (Phi) is 4.03. The van der Waals surface area contributed by atoms with Crippen LogP contribution in [0.1, 0.15) is 32.7 Å². The van der Waals surface area contributed by atoms with Gasteiger partial charge in [-0.1, -0.05) is 6.07 Å². The van der Waals surface area contributed by atoms with E-state index in [1.54, 1.807) is 18.3 Å². The van der Waals surface area contributed by atoms with Crippen LogP contribution in [0.3, 0.4) is 0 Å². The van der Waals surface area contributed by atoms with Gasteiger partial charge < -0.3 is 9.84 Å². The number of pyridine rings is 1. The molecule has 0 bridgehead atoms. The van der Waals surface area contributed by atoms with E-state index < -0.39 is 5.97 Å². The molecule has 1 aromatic carbocycles. The van der Waals surface area contributed by atoms with Crippen molar-refractivity contribution in [1.29, 1.82) is 0 Å². The maximum absolute atomic E-state index is 11.0. The molecule has 0 saturated carbocycles. The second-order valence-corrected chi connectivity index (χ2v) is 4.80. The molecule has 2 rings (SSSR count). The Hall–Kier alpha value is -2.36. The molecule has 0 spiro atoms. The van der Waals surface area contributed by atoms with Crippen LogP contribution in [0.15, 0.2) is 30.5 Å². The zero-order chi connectivity index (χ0) is 14.7. The molecule has 0 radical (unpaired) electrons. The van der Waals surface area contributed by atoms with Gasteiger partial charge in [0.15, 0.2) is 0 Å². The number of carboxylic acids is 1. The van der Waals surface area contributed by atoms with E-state index in [4.69, 9.17) is 9.84 Å². The van der Waals surface area contributed by atoms with E-state index in [-0.39, 0.29) is 5.56 Å². The van der Waals surface area contributed by atoms with Crippen LogP contribution >= 0.6 is 0 Å². The second-order valence-electron chi connectivity index (χ2n) is 4.80. The third-order valence-corrected chi connectivity index (χ3v) is 3.18. The summed E-state index contributed by atoms with van der Waals surface area (Å²) in [5, 5.41) is 9.02. The Morgan fingerprint density at radius 1 is 1.20 bits per heavy atom. The molecule has 0 aliphatic rings. The summed E-state index contributed by atoms with van der Waals surface area (Å²) in [4.78, 5) is 15.3. The smallest absolute Gasteiger partial charge is 0.335 e. The fourth-order valence-corrected chi connectivity index (χ4v) is 2.11. The summed E-state index contributed by atoms with van der Waals surface area (Å²) in [6, 6.07) is 7.11. The van der Waals surface area contributed by atoms with Crippen LogP contribution in [-0.4, -0.2) is 16.1 Å². The molecular formula is C16H17NO3. The quantitative estimate of drug-likeness (QED) is 0.927. The van der Waals surface area contributed by atoms with Gasteiger partial charge >= 0.3 is 5.97 Å². The van der Waals surface area contributed by atoms with Gasteiger partial charge in [-0.05, 0) is 55.7 Å². The number of carbonyl (C=O) groups is 1. The molecule has 0 saturated heterocycles. The highest BCUT2D eigenvalue weighted by atomic mass is 16.5. The van der Waals surface area contributed by atoms with Gasteiger partial charge in [0.1, 0.15) is 12.4 Å². The first-order chi connectivity index (χ1) is 9.49. The number of aromatic nitrogens is 1. The molecule has 20 heavy (non-hydrogen) atoms. The fourth-order valence-electron chi connectivity index (χ4n) is 2.11. The standard InChI is InChI=1S/C16H17NO3/c1-10-5-4-6-17-14(10)9-20-15-11(2)7-13(16(18)19)8-12(15)3/h4-8H,9H2,1-3H3,(H,18,19). The molecular weight excluding hydrogens is 254 g/mol. The highest BCUT2D eigenvalue weighted by Gasteiger charge is 2.11. The van der Waals surface area contributed by atoms with Gasteiger partial charge in [0.05, 0.1) is 11.3 Å². The number of hydrogen-bond acceptors (Lipinski definition) is 3. The number of aryl methyl sites for hydroxylation is 3. The molecule has 0 aliphatic carbocycles. The summed E-state index contributed by atoms with van der Waals surface area (Å²) in [5.41, 5.74) is 3.87. The lowest BCUT2D eigenvalue weighted by atomic mass is 10.1. The first-order valence-electron chi connectivity index (χ1n) is 6.37. The first kappa shape index (κ1) is 14.1. The minimum Gasteiger partial charge on any atom is -0.487 e. The third-order valence-electron chi connectivity index (χ3n) is 3.18. The number of nitrogens with zero attached hydrogens (tertiary/aromatic N) is 1. The molecule has 0 aliphatic heterocycles. The summed E-state index contributed by atoms with van der Waals surface area (Å²) in [6.45, 7) is 6.06. The van der Waals surface area contributed by atoms with E-state index in [9.17, 15) is 4.79 Å². The van der Waals surface area contributed by atoms with Crippen molar-refractivity contribution in [3.63, 3.8) is 0 Å². The summed E-state index contributed by atoms with van der Waals surface area (Å²) < 4.78 is 5.81. The van der Waals surface area contributed by atoms with E-state index >= 15 is 0 Å². The SMILES string of the molecule is Cc1cccnc1COc1c(C)cc(C(=O)O)cc1C. The topological polar surface area (TPSA) is 59.4 Å². The molecule has 1 N–H and O–H groups in total. The lowest BCUT2D eigenvalue weighted by molar-refractivity contribution is 0.0696. The second kappa shape index (κ2) is 5.74. The van der Waals surface area contributed by atoms with Crippen LogP contribution in [-0.2, 0) is 6.61 Å². The normalized spacial score (nSPS) is 10.3. The highest BCUT2D eigenvalue weighted by molar-refractivity contribution is 5.88. The zero-order valence-corrected chi connectivity index (χ0v) is 11.8. The molecule has 0 atom stereocenters. The highest BCUT2D eigenvalue weighted by Crippen LogP contribution is 2.26. The van der Waals surface area contributed by atoms with Gasteiger partial charge in [0.25, 0.3) is 0 Å². The summed E-state index contributed by atoms with van der Waals surface area (Å²) >= 11 is 0. The van der Waals surface area contributed by atoms with Crippen molar-refractivity contribution in [1.82, 2.24) is 4.98 Å². The number of rotatable bonds is 4. The minimum absolute atomic E-state index is 0.279. The van der Waals surface area contributed by atoms with Crippen LogP contribution in [0, 0.1) is 20.8 Å². The number of ether oxygens (including phenoxy) is 1. The van der Waals surface area contributed by atoms with E-state index in [0.717, 1.165) is 28.1 Å². The van der Waals surface area contributed by atoms with Crippen LogP contribution < -0.4 is 4.74 Å². The van der Waals surface area contributed by atoms with Crippen molar-refractivity contribution < 1.29 is 14.6 Å². The van der Waals surface area contributed by atoms with E-state index in [0.29, 0.717) is 6.61 Å². The lowest BCUT2D eigenvalue weighted by Crippen LogP contribution is -2.04.